The van der Waals surface area contributed by atoms with Crippen LogP contribution in [0.3, 0.4) is 0 Å². The molecule has 0 atom stereocenters. The molecule has 6 nitrogen and oxygen atoms in total. The monoisotopic (exact) mass is 286 g/mol. The molecule has 7 heteroatoms. The molecular weight excluding hydrogens is 276 g/mol. The third-order valence-corrected chi connectivity index (χ3v) is 2.88. The largest absolute Gasteiger partial charge is 0.493 e. The Balaban J connectivity index is 2.40. The first kappa shape index (κ1) is 13.5. The summed E-state index contributed by atoms with van der Waals surface area (Å²) < 4.78 is 20.0. The molecule has 0 saturated carbocycles. The van der Waals surface area contributed by atoms with Crippen molar-refractivity contribution in [2.75, 3.05) is 14.2 Å². The smallest absolute Gasteiger partial charge is 0.365 e. The first-order valence-corrected chi connectivity index (χ1v) is 5.71. The Morgan fingerprint density at radius 1 is 1.11 bits per heavy atom. The summed E-state index contributed by atoms with van der Waals surface area (Å²) in [5.41, 5.74) is 0.258. The van der Waals surface area contributed by atoms with Crippen molar-refractivity contribution in [1.82, 2.24) is 0 Å². The molecule has 0 amide bonds. The van der Waals surface area contributed by atoms with Gasteiger partial charge in [0.05, 0.1) is 19.8 Å². The van der Waals surface area contributed by atoms with Gasteiger partial charge in [0.15, 0.2) is 11.5 Å². The first-order chi connectivity index (χ1) is 8.98. The number of methoxy groups -OCH3 is 2. The number of alkyl halides is 1. The number of ether oxygens (including phenoxy) is 4. The number of rotatable bonds is 3. The van der Waals surface area contributed by atoms with Gasteiger partial charge in [-0.3, -0.25) is 9.59 Å². The molecule has 0 spiro atoms. The summed E-state index contributed by atoms with van der Waals surface area (Å²) in [7, 11) is 2.93. The molecule has 0 unspecified atom stereocenters. The van der Waals surface area contributed by atoms with Crippen LogP contribution in [0.4, 0.5) is 0 Å². The highest BCUT2D eigenvalue weighted by Crippen LogP contribution is 2.39. The average molecular weight is 287 g/mol. The molecule has 0 bridgehead atoms. The summed E-state index contributed by atoms with van der Waals surface area (Å²) in [5.74, 6) is -0.653. The van der Waals surface area contributed by atoms with Crippen LogP contribution in [-0.4, -0.2) is 26.2 Å². The lowest BCUT2D eigenvalue weighted by Gasteiger charge is -2.30. The second-order valence-electron chi connectivity index (χ2n) is 3.73. The predicted molar refractivity (Wildman–Crippen MR) is 63.9 cm³/mol. The molecule has 1 aliphatic rings. The van der Waals surface area contributed by atoms with E-state index in [0.29, 0.717) is 11.5 Å². The number of carbonyl (C=O) groups is 2. The molecule has 102 valence electrons. The van der Waals surface area contributed by atoms with Crippen molar-refractivity contribution in [3.05, 3.63) is 23.8 Å². The number of hydrogen-bond donors (Lipinski definition) is 0. The lowest BCUT2D eigenvalue weighted by atomic mass is 10.1. The molecule has 1 saturated heterocycles. The van der Waals surface area contributed by atoms with Crippen molar-refractivity contribution in [2.24, 2.45) is 0 Å². The maximum atomic E-state index is 11.3. The minimum Gasteiger partial charge on any atom is -0.493 e. The van der Waals surface area contributed by atoms with Gasteiger partial charge in [0.2, 0.25) is 0 Å². The van der Waals surface area contributed by atoms with E-state index in [0.717, 1.165) is 0 Å². The van der Waals surface area contributed by atoms with Crippen LogP contribution in [0.15, 0.2) is 18.2 Å². The van der Waals surface area contributed by atoms with Crippen LogP contribution in [0.25, 0.3) is 0 Å². The van der Waals surface area contributed by atoms with Gasteiger partial charge in [0.25, 0.3) is 0 Å². The lowest BCUT2D eigenvalue weighted by molar-refractivity contribution is -0.219. The number of hydrogen-bond acceptors (Lipinski definition) is 6. The number of benzene rings is 1. The Bertz CT molecular complexity index is 511. The molecule has 2 rings (SSSR count). The van der Waals surface area contributed by atoms with Gasteiger partial charge in [0, 0.05) is 0 Å². The number of esters is 2. The second-order valence-corrected chi connectivity index (χ2v) is 4.23. The number of halogens is 1. The Labute approximate surface area is 114 Å². The molecule has 1 aromatic carbocycles. The fraction of sp³-hybridized carbons (Fsp3) is 0.333. The van der Waals surface area contributed by atoms with Gasteiger partial charge in [-0.25, -0.2) is 0 Å². The topological polar surface area (TPSA) is 71.1 Å². The molecule has 0 radical (unpaired) electrons. The van der Waals surface area contributed by atoms with Crippen LogP contribution in [0, 0.1) is 0 Å². The van der Waals surface area contributed by atoms with Crippen molar-refractivity contribution >= 4 is 23.5 Å². The Kier molecular flexibility index (Phi) is 3.53. The maximum absolute atomic E-state index is 11.3. The quantitative estimate of drug-likeness (QED) is 0.477. The van der Waals surface area contributed by atoms with Crippen LogP contribution in [-0.2, 0) is 24.3 Å². The highest BCUT2D eigenvalue weighted by Gasteiger charge is 2.44. The van der Waals surface area contributed by atoms with E-state index in [1.807, 2.05) is 0 Å². The van der Waals surface area contributed by atoms with Crippen molar-refractivity contribution in [1.29, 1.82) is 0 Å². The molecule has 0 aromatic heterocycles. The minimum atomic E-state index is -1.97. The molecule has 19 heavy (non-hydrogen) atoms. The van der Waals surface area contributed by atoms with Crippen molar-refractivity contribution in [3.8, 4) is 11.5 Å². The summed E-state index contributed by atoms with van der Waals surface area (Å²) in [6.07, 6.45) is -0.457. The van der Waals surface area contributed by atoms with Gasteiger partial charge in [-0.1, -0.05) is 0 Å². The highest BCUT2D eigenvalue weighted by molar-refractivity contribution is 6.24. The molecule has 1 aliphatic heterocycles. The van der Waals surface area contributed by atoms with E-state index in [2.05, 4.69) is 0 Å². The van der Waals surface area contributed by atoms with Gasteiger partial charge < -0.3 is 18.9 Å². The third-order valence-electron chi connectivity index (χ3n) is 2.51. The Morgan fingerprint density at radius 3 is 2.21 bits per heavy atom. The Hall–Kier alpha value is -1.95. The Morgan fingerprint density at radius 2 is 1.68 bits per heavy atom. The van der Waals surface area contributed by atoms with Crippen molar-refractivity contribution in [2.45, 2.75) is 11.7 Å². The zero-order chi connectivity index (χ0) is 14.0. The van der Waals surface area contributed by atoms with Crippen LogP contribution >= 0.6 is 11.6 Å². The van der Waals surface area contributed by atoms with E-state index in [-0.39, 0.29) is 5.56 Å². The second kappa shape index (κ2) is 4.97. The van der Waals surface area contributed by atoms with E-state index < -0.39 is 23.6 Å². The summed E-state index contributed by atoms with van der Waals surface area (Å²) in [4.78, 5) is 22.6. The van der Waals surface area contributed by atoms with Crippen LogP contribution in [0.5, 0.6) is 11.5 Å². The standard InChI is InChI=1S/C12H11ClO6/c1-16-8-4-3-7(5-9(8)17-2)12(13)18-10(14)6-11(15)19-12/h3-5H,6H2,1-2H3. The zero-order valence-electron chi connectivity index (χ0n) is 10.3. The predicted octanol–water partition coefficient (Wildman–Crippen LogP) is 1.54. The normalized spacial score (nSPS) is 17.4. The average Bonchev–Trinajstić information content (AvgIpc) is 2.36. The molecule has 1 fully saturated rings. The SMILES string of the molecule is COc1ccc(C2(Cl)OC(=O)CC(=O)O2)cc1OC. The molecule has 1 heterocycles. The molecule has 1 aromatic rings. The summed E-state index contributed by atoms with van der Waals surface area (Å²) in [5, 5.41) is -1.97. The summed E-state index contributed by atoms with van der Waals surface area (Å²) in [6, 6.07) is 4.55. The third kappa shape index (κ3) is 2.58. The van der Waals surface area contributed by atoms with E-state index in [1.165, 1.54) is 26.4 Å². The van der Waals surface area contributed by atoms with Gasteiger partial charge >= 0.3 is 17.2 Å². The van der Waals surface area contributed by atoms with E-state index in [4.69, 9.17) is 30.5 Å². The maximum Gasteiger partial charge on any atom is 0.365 e. The van der Waals surface area contributed by atoms with Gasteiger partial charge in [-0.2, -0.15) is 0 Å². The first-order valence-electron chi connectivity index (χ1n) is 5.33. The van der Waals surface area contributed by atoms with Crippen molar-refractivity contribution in [3.63, 3.8) is 0 Å². The van der Waals surface area contributed by atoms with Crippen LogP contribution in [0.2, 0.25) is 0 Å². The summed E-state index contributed by atoms with van der Waals surface area (Å²) >= 11 is 6.03. The molecule has 0 aliphatic carbocycles. The summed E-state index contributed by atoms with van der Waals surface area (Å²) in [6.45, 7) is 0. The van der Waals surface area contributed by atoms with Crippen LogP contribution < -0.4 is 9.47 Å². The molecule has 0 N–H and O–H groups in total. The molecular formula is C12H11ClO6. The number of cyclic esters (lactones) is 2. The van der Waals surface area contributed by atoms with Gasteiger partial charge in [0.1, 0.15) is 6.42 Å². The lowest BCUT2D eigenvalue weighted by Crippen LogP contribution is -2.38. The fourth-order valence-corrected chi connectivity index (χ4v) is 1.93. The highest BCUT2D eigenvalue weighted by atomic mass is 35.5. The van der Waals surface area contributed by atoms with Crippen LogP contribution in [0.1, 0.15) is 12.0 Å². The van der Waals surface area contributed by atoms with E-state index >= 15 is 0 Å². The fourth-order valence-electron chi connectivity index (χ4n) is 1.64. The van der Waals surface area contributed by atoms with E-state index in [9.17, 15) is 9.59 Å². The number of carbonyl (C=O) groups excluding carboxylic acids is 2. The van der Waals surface area contributed by atoms with E-state index in [1.54, 1.807) is 6.07 Å². The van der Waals surface area contributed by atoms with Crippen molar-refractivity contribution < 1.29 is 28.5 Å². The van der Waals surface area contributed by atoms with Gasteiger partial charge in [-0.05, 0) is 29.8 Å². The van der Waals surface area contributed by atoms with Gasteiger partial charge in [-0.15, -0.1) is 0 Å². The zero-order valence-corrected chi connectivity index (χ0v) is 11.0. The minimum absolute atomic E-state index is 0.258.